The number of aliphatic imine (C=N–C) groups is 1. The Hall–Kier alpha value is -1.53. The van der Waals surface area contributed by atoms with E-state index in [0.717, 1.165) is 0 Å². The van der Waals surface area contributed by atoms with Crippen molar-refractivity contribution >= 4 is 11.7 Å². The van der Waals surface area contributed by atoms with Crippen molar-refractivity contribution in [3.8, 4) is 0 Å². The van der Waals surface area contributed by atoms with E-state index in [2.05, 4.69) is 9.73 Å². The predicted molar refractivity (Wildman–Crippen MR) is 57.6 cm³/mol. The number of halogens is 3. The van der Waals surface area contributed by atoms with E-state index in [4.69, 9.17) is 5.73 Å². The second kappa shape index (κ2) is 6.93. The van der Waals surface area contributed by atoms with Gasteiger partial charge in [-0.15, -0.1) is 0 Å². The molecular formula is C10H15F3N2O2. The van der Waals surface area contributed by atoms with Crippen molar-refractivity contribution in [3.05, 3.63) is 11.8 Å². The SMILES string of the molecule is CCCN=C(C(=CN)C(=O)OCC)C(F)(F)F. The molecule has 4 nitrogen and oxygen atoms in total. The lowest BCUT2D eigenvalue weighted by Gasteiger charge is -2.12. The van der Waals surface area contributed by atoms with Crippen molar-refractivity contribution in [3.63, 3.8) is 0 Å². The number of esters is 1. The molecule has 0 saturated carbocycles. The standard InChI is InChI=1S/C10H15F3N2O2/c1-3-5-15-8(10(11,12)13)7(6-14)9(16)17-4-2/h6H,3-5,14H2,1-2H3. The lowest BCUT2D eigenvalue weighted by Crippen LogP contribution is -2.30. The van der Waals surface area contributed by atoms with Gasteiger partial charge in [0.05, 0.1) is 6.61 Å². The van der Waals surface area contributed by atoms with Crippen LogP contribution in [-0.2, 0) is 9.53 Å². The van der Waals surface area contributed by atoms with Crippen molar-refractivity contribution in [2.75, 3.05) is 13.2 Å². The maximum atomic E-state index is 12.6. The van der Waals surface area contributed by atoms with E-state index in [9.17, 15) is 18.0 Å². The number of ether oxygens (including phenoxy) is 1. The number of nitrogens with zero attached hydrogens (tertiary/aromatic N) is 1. The molecule has 0 radical (unpaired) electrons. The zero-order valence-electron chi connectivity index (χ0n) is 9.67. The average molecular weight is 252 g/mol. The average Bonchev–Trinajstić information content (AvgIpc) is 2.22. The molecule has 0 aliphatic rings. The van der Waals surface area contributed by atoms with Crippen LogP contribution in [0.25, 0.3) is 0 Å². The van der Waals surface area contributed by atoms with Gasteiger partial charge in [0.25, 0.3) is 0 Å². The van der Waals surface area contributed by atoms with Gasteiger partial charge in [-0.2, -0.15) is 13.2 Å². The smallest absolute Gasteiger partial charge is 0.433 e. The predicted octanol–water partition coefficient (Wildman–Crippen LogP) is 1.81. The molecule has 0 rings (SSSR count). The molecule has 17 heavy (non-hydrogen) atoms. The number of nitrogens with two attached hydrogens (primary N) is 1. The molecule has 0 spiro atoms. The third-order valence-corrected chi connectivity index (χ3v) is 1.68. The van der Waals surface area contributed by atoms with Gasteiger partial charge in [0.15, 0.2) is 5.71 Å². The van der Waals surface area contributed by atoms with Gasteiger partial charge in [-0.1, -0.05) is 6.92 Å². The van der Waals surface area contributed by atoms with Gasteiger partial charge < -0.3 is 10.5 Å². The Labute approximate surface area is 97.3 Å². The number of alkyl halides is 3. The summed E-state index contributed by atoms with van der Waals surface area (Å²) in [6.45, 7) is 3.09. The molecule has 0 aromatic heterocycles. The van der Waals surface area contributed by atoms with E-state index < -0.39 is 23.4 Å². The minimum Gasteiger partial charge on any atom is -0.462 e. The monoisotopic (exact) mass is 252 g/mol. The number of hydrogen-bond donors (Lipinski definition) is 1. The van der Waals surface area contributed by atoms with E-state index in [0.29, 0.717) is 12.6 Å². The highest BCUT2D eigenvalue weighted by Crippen LogP contribution is 2.23. The zero-order chi connectivity index (χ0) is 13.5. The summed E-state index contributed by atoms with van der Waals surface area (Å²) in [5, 5.41) is 0. The van der Waals surface area contributed by atoms with Crippen LogP contribution in [0.5, 0.6) is 0 Å². The third kappa shape index (κ3) is 4.88. The lowest BCUT2D eigenvalue weighted by molar-refractivity contribution is -0.138. The molecule has 0 atom stereocenters. The number of carbonyl (C=O) groups is 1. The van der Waals surface area contributed by atoms with Gasteiger partial charge in [-0.25, -0.2) is 4.79 Å². The molecular weight excluding hydrogens is 237 g/mol. The summed E-state index contributed by atoms with van der Waals surface area (Å²) >= 11 is 0. The zero-order valence-corrected chi connectivity index (χ0v) is 9.67. The fourth-order valence-electron chi connectivity index (χ4n) is 1.00. The third-order valence-electron chi connectivity index (χ3n) is 1.68. The molecule has 0 aromatic rings. The Morgan fingerprint density at radius 1 is 1.41 bits per heavy atom. The molecule has 0 bridgehead atoms. The highest BCUT2D eigenvalue weighted by Gasteiger charge is 2.40. The van der Waals surface area contributed by atoms with Crippen molar-refractivity contribution in [2.24, 2.45) is 10.7 Å². The second-order valence-electron chi connectivity index (χ2n) is 3.03. The topological polar surface area (TPSA) is 64.7 Å². The van der Waals surface area contributed by atoms with Gasteiger partial charge in [0.1, 0.15) is 5.57 Å². The maximum absolute atomic E-state index is 12.6. The highest BCUT2D eigenvalue weighted by atomic mass is 19.4. The van der Waals surface area contributed by atoms with E-state index in [1.165, 1.54) is 6.92 Å². The first kappa shape index (κ1) is 15.5. The lowest BCUT2D eigenvalue weighted by atomic mass is 10.1. The quantitative estimate of drug-likeness (QED) is 0.461. The number of rotatable bonds is 5. The Balaban J connectivity index is 5.22. The van der Waals surface area contributed by atoms with Crippen LogP contribution < -0.4 is 5.73 Å². The molecule has 0 aromatic carbocycles. The molecule has 0 aliphatic carbocycles. The molecule has 98 valence electrons. The number of hydrogen-bond acceptors (Lipinski definition) is 4. The first-order chi connectivity index (χ1) is 7.88. The first-order valence-corrected chi connectivity index (χ1v) is 5.09. The molecule has 2 N–H and O–H groups in total. The van der Waals surface area contributed by atoms with Crippen molar-refractivity contribution in [1.29, 1.82) is 0 Å². The molecule has 7 heteroatoms. The van der Waals surface area contributed by atoms with Crippen LogP contribution in [0.4, 0.5) is 13.2 Å². The summed E-state index contributed by atoms with van der Waals surface area (Å²) in [6, 6.07) is 0. The minimum absolute atomic E-state index is 0.0327. The van der Waals surface area contributed by atoms with Crippen LogP contribution in [0.2, 0.25) is 0 Å². The molecule has 0 saturated heterocycles. The van der Waals surface area contributed by atoms with Crippen molar-refractivity contribution in [2.45, 2.75) is 26.4 Å². The van der Waals surface area contributed by atoms with Crippen LogP contribution in [0.3, 0.4) is 0 Å². The Bertz CT molecular complexity index is 322. The van der Waals surface area contributed by atoms with Gasteiger partial charge in [0, 0.05) is 12.7 Å². The minimum atomic E-state index is -4.73. The summed E-state index contributed by atoms with van der Waals surface area (Å²) in [5.41, 5.74) is 2.98. The maximum Gasteiger partial charge on any atom is 0.433 e. The van der Waals surface area contributed by atoms with Gasteiger partial charge in [-0.05, 0) is 13.3 Å². The van der Waals surface area contributed by atoms with Gasteiger partial charge in [-0.3, -0.25) is 4.99 Å². The van der Waals surface area contributed by atoms with E-state index >= 15 is 0 Å². The Morgan fingerprint density at radius 2 is 2.00 bits per heavy atom. The summed E-state index contributed by atoms with van der Waals surface area (Å²) < 4.78 is 42.4. The second-order valence-corrected chi connectivity index (χ2v) is 3.03. The van der Waals surface area contributed by atoms with Crippen LogP contribution >= 0.6 is 0 Å². The number of carbonyl (C=O) groups excluding carboxylic acids is 1. The summed E-state index contributed by atoms with van der Waals surface area (Å²) in [4.78, 5) is 14.6. The van der Waals surface area contributed by atoms with Gasteiger partial charge in [0.2, 0.25) is 0 Å². The molecule has 0 heterocycles. The fraction of sp³-hybridized carbons (Fsp3) is 0.600. The van der Waals surface area contributed by atoms with E-state index in [1.807, 2.05) is 0 Å². The summed E-state index contributed by atoms with van der Waals surface area (Å²) in [6.07, 6.45) is -3.73. The van der Waals surface area contributed by atoms with Crippen LogP contribution in [0.1, 0.15) is 20.3 Å². The Morgan fingerprint density at radius 3 is 2.35 bits per heavy atom. The molecule has 0 fully saturated rings. The van der Waals surface area contributed by atoms with Crippen LogP contribution in [0, 0.1) is 0 Å². The van der Waals surface area contributed by atoms with E-state index in [1.54, 1.807) is 6.92 Å². The highest BCUT2D eigenvalue weighted by molar-refractivity contribution is 6.21. The summed E-state index contributed by atoms with van der Waals surface area (Å²) in [5.74, 6) is -1.12. The molecule has 0 unspecified atom stereocenters. The molecule has 0 aliphatic heterocycles. The Kier molecular flexibility index (Phi) is 6.30. The normalized spacial score (nSPS) is 13.7. The van der Waals surface area contributed by atoms with Crippen LogP contribution in [-0.4, -0.2) is 31.0 Å². The van der Waals surface area contributed by atoms with Crippen molar-refractivity contribution < 1.29 is 22.7 Å². The van der Waals surface area contributed by atoms with Crippen LogP contribution in [0.15, 0.2) is 16.8 Å². The summed E-state index contributed by atoms with van der Waals surface area (Å²) in [7, 11) is 0. The van der Waals surface area contributed by atoms with Gasteiger partial charge >= 0.3 is 12.1 Å². The fourth-order valence-corrected chi connectivity index (χ4v) is 1.00. The molecule has 0 amide bonds. The van der Waals surface area contributed by atoms with E-state index in [-0.39, 0.29) is 13.2 Å². The van der Waals surface area contributed by atoms with Crippen molar-refractivity contribution in [1.82, 2.24) is 0 Å². The largest absolute Gasteiger partial charge is 0.462 e. The first-order valence-electron chi connectivity index (χ1n) is 5.09.